The average Bonchev–Trinajstić information content (AvgIpc) is 2.62. The Labute approximate surface area is 144 Å². The number of nitrogens with one attached hydrogen (secondary N) is 1. The number of hydrogen-bond acceptors (Lipinski definition) is 1. The van der Waals surface area contributed by atoms with Crippen LogP contribution in [0.2, 0.25) is 0 Å². The fourth-order valence-electron chi connectivity index (χ4n) is 2.72. The Balaban J connectivity index is 1.64. The van der Waals surface area contributed by atoms with Gasteiger partial charge in [0.1, 0.15) is 0 Å². The second-order valence-electron chi connectivity index (χ2n) is 6.09. The van der Waals surface area contributed by atoms with E-state index in [0.29, 0.717) is 0 Å². The van der Waals surface area contributed by atoms with Crippen LogP contribution in [0.25, 0.3) is 17.2 Å². The standard InChI is InChI=1S/C23H23N/c1-18-8-6-7-9-20(18)13-12-19(2)24-23-16-14-22(15-17-23)21-10-4-3-5-11-21/h3-17,19,24H,1-2H3/b13-12-. The lowest BCUT2D eigenvalue weighted by atomic mass is 10.1. The van der Waals surface area contributed by atoms with Crippen molar-refractivity contribution in [3.8, 4) is 11.1 Å². The first-order valence-corrected chi connectivity index (χ1v) is 8.38. The molecule has 0 amide bonds. The maximum absolute atomic E-state index is 3.52. The molecule has 1 N–H and O–H groups in total. The maximum Gasteiger partial charge on any atom is 0.0419 e. The van der Waals surface area contributed by atoms with Gasteiger partial charge in [0.25, 0.3) is 0 Å². The first-order valence-electron chi connectivity index (χ1n) is 8.38. The summed E-state index contributed by atoms with van der Waals surface area (Å²) >= 11 is 0. The van der Waals surface area contributed by atoms with Crippen molar-refractivity contribution in [2.75, 3.05) is 5.32 Å². The molecule has 120 valence electrons. The molecule has 0 aliphatic heterocycles. The molecule has 0 saturated heterocycles. The van der Waals surface area contributed by atoms with E-state index in [1.54, 1.807) is 0 Å². The van der Waals surface area contributed by atoms with Gasteiger partial charge < -0.3 is 5.32 Å². The van der Waals surface area contributed by atoms with E-state index in [1.165, 1.54) is 22.3 Å². The summed E-state index contributed by atoms with van der Waals surface area (Å²) in [6.45, 7) is 4.31. The molecular formula is C23H23N. The van der Waals surface area contributed by atoms with Gasteiger partial charge in [0.2, 0.25) is 0 Å². The Morgan fingerprint density at radius 1 is 0.750 bits per heavy atom. The van der Waals surface area contributed by atoms with Crippen LogP contribution in [0, 0.1) is 6.92 Å². The first kappa shape index (κ1) is 16.1. The largest absolute Gasteiger partial charge is 0.379 e. The quantitative estimate of drug-likeness (QED) is 0.593. The highest BCUT2D eigenvalue weighted by molar-refractivity contribution is 5.66. The van der Waals surface area contributed by atoms with Gasteiger partial charge >= 0.3 is 0 Å². The Hall–Kier alpha value is -2.80. The van der Waals surface area contributed by atoms with Crippen molar-refractivity contribution < 1.29 is 0 Å². The Morgan fingerprint density at radius 2 is 1.38 bits per heavy atom. The number of hydrogen-bond donors (Lipinski definition) is 1. The second-order valence-corrected chi connectivity index (χ2v) is 6.09. The van der Waals surface area contributed by atoms with Crippen LogP contribution in [0.1, 0.15) is 18.1 Å². The van der Waals surface area contributed by atoms with E-state index in [2.05, 4.69) is 104 Å². The van der Waals surface area contributed by atoms with E-state index < -0.39 is 0 Å². The summed E-state index contributed by atoms with van der Waals surface area (Å²) in [5.41, 5.74) is 6.19. The Morgan fingerprint density at radius 3 is 2.08 bits per heavy atom. The van der Waals surface area contributed by atoms with E-state index in [4.69, 9.17) is 0 Å². The lowest BCUT2D eigenvalue weighted by Gasteiger charge is -2.12. The third-order valence-electron chi connectivity index (χ3n) is 4.14. The monoisotopic (exact) mass is 313 g/mol. The number of anilines is 1. The highest BCUT2D eigenvalue weighted by Gasteiger charge is 2.00. The van der Waals surface area contributed by atoms with Crippen LogP contribution in [-0.2, 0) is 0 Å². The summed E-state index contributed by atoms with van der Waals surface area (Å²) in [7, 11) is 0. The van der Waals surface area contributed by atoms with Gasteiger partial charge in [-0.3, -0.25) is 0 Å². The zero-order valence-electron chi connectivity index (χ0n) is 14.2. The van der Waals surface area contributed by atoms with Crippen molar-refractivity contribution in [1.29, 1.82) is 0 Å². The van der Waals surface area contributed by atoms with Crippen LogP contribution in [0.3, 0.4) is 0 Å². The molecule has 0 heterocycles. The van der Waals surface area contributed by atoms with E-state index in [1.807, 2.05) is 6.07 Å². The average molecular weight is 313 g/mol. The predicted molar refractivity (Wildman–Crippen MR) is 105 cm³/mol. The molecule has 1 nitrogen and oxygen atoms in total. The predicted octanol–water partition coefficient (Wildman–Crippen LogP) is 6.18. The van der Waals surface area contributed by atoms with Crippen molar-refractivity contribution in [3.63, 3.8) is 0 Å². The molecule has 0 aromatic heterocycles. The van der Waals surface area contributed by atoms with Crippen LogP contribution in [0.4, 0.5) is 5.69 Å². The van der Waals surface area contributed by atoms with Crippen molar-refractivity contribution in [2.24, 2.45) is 0 Å². The van der Waals surface area contributed by atoms with Crippen LogP contribution in [0.5, 0.6) is 0 Å². The van der Waals surface area contributed by atoms with Gasteiger partial charge in [-0.1, -0.05) is 78.9 Å². The molecule has 1 heteroatoms. The van der Waals surface area contributed by atoms with Gasteiger partial charge in [-0.2, -0.15) is 0 Å². The molecule has 0 spiro atoms. The molecule has 0 saturated carbocycles. The lowest BCUT2D eigenvalue weighted by molar-refractivity contribution is 1.00. The highest BCUT2D eigenvalue weighted by Crippen LogP contribution is 2.21. The van der Waals surface area contributed by atoms with Crippen LogP contribution in [-0.4, -0.2) is 6.04 Å². The number of benzene rings is 3. The zero-order valence-corrected chi connectivity index (χ0v) is 14.2. The minimum atomic E-state index is 0.271. The third kappa shape index (κ3) is 4.14. The summed E-state index contributed by atoms with van der Waals surface area (Å²) in [5, 5.41) is 3.52. The smallest absolute Gasteiger partial charge is 0.0419 e. The topological polar surface area (TPSA) is 12.0 Å². The molecule has 0 fully saturated rings. The van der Waals surface area contributed by atoms with E-state index >= 15 is 0 Å². The van der Waals surface area contributed by atoms with Crippen molar-refractivity contribution in [2.45, 2.75) is 19.9 Å². The summed E-state index contributed by atoms with van der Waals surface area (Å²) in [4.78, 5) is 0. The SMILES string of the molecule is Cc1ccccc1/C=C\C(C)Nc1ccc(-c2ccccc2)cc1. The van der Waals surface area contributed by atoms with Crippen molar-refractivity contribution in [3.05, 3.63) is 96.1 Å². The lowest BCUT2D eigenvalue weighted by Crippen LogP contribution is -2.11. The summed E-state index contributed by atoms with van der Waals surface area (Å²) < 4.78 is 0. The minimum Gasteiger partial charge on any atom is -0.379 e. The molecule has 0 radical (unpaired) electrons. The van der Waals surface area contributed by atoms with Crippen LogP contribution in [0.15, 0.2) is 84.9 Å². The maximum atomic E-state index is 3.52. The van der Waals surface area contributed by atoms with E-state index in [-0.39, 0.29) is 6.04 Å². The van der Waals surface area contributed by atoms with Gasteiger partial charge in [-0.05, 0) is 48.2 Å². The first-order chi connectivity index (χ1) is 11.7. The molecule has 0 bridgehead atoms. The minimum absolute atomic E-state index is 0.271. The molecule has 0 aliphatic rings. The van der Waals surface area contributed by atoms with Crippen LogP contribution >= 0.6 is 0 Å². The third-order valence-corrected chi connectivity index (χ3v) is 4.14. The Kier molecular flexibility index (Phi) is 5.12. The van der Waals surface area contributed by atoms with E-state index in [0.717, 1.165) is 5.69 Å². The summed E-state index contributed by atoms with van der Waals surface area (Å²) in [6, 6.07) is 27.8. The number of rotatable bonds is 5. The highest BCUT2D eigenvalue weighted by atomic mass is 14.9. The van der Waals surface area contributed by atoms with Gasteiger partial charge in [0.15, 0.2) is 0 Å². The second kappa shape index (κ2) is 7.65. The molecule has 0 aliphatic carbocycles. The van der Waals surface area contributed by atoms with Gasteiger partial charge in [0.05, 0.1) is 0 Å². The fourth-order valence-corrected chi connectivity index (χ4v) is 2.72. The fraction of sp³-hybridized carbons (Fsp3) is 0.130. The van der Waals surface area contributed by atoms with Crippen LogP contribution < -0.4 is 5.32 Å². The van der Waals surface area contributed by atoms with Gasteiger partial charge in [0, 0.05) is 11.7 Å². The molecular weight excluding hydrogens is 290 g/mol. The zero-order chi connectivity index (χ0) is 16.8. The number of aryl methyl sites for hydroxylation is 1. The molecule has 1 atom stereocenters. The molecule has 3 rings (SSSR count). The molecule has 24 heavy (non-hydrogen) atoms. The van der Waals surface area contributed by atoms with Gasteiger partial charge in [-0.15, -0.1) is 0 Å². The summed E-state index contributed by atoms with van der Waals surface area (Å²) in [5.74, 6) is 0. The van der Waals surface area contributed by atoms with Crippen molar-refractivity contribution >= 4 is 11.8 Å². The molecule has 1 unspecified atom stereocenters. The molecule has 3 aromatic carbocycles. The molecule has 3 aromatic rings. The Bertz CT molecular complexity index is 801. The summed E-state index contributed by atoms with van der Waals surface area (Å²) in [6.07, 6.45) is 4.39. The van der Waals surface area contributed by atoms with Crippen molar-refractivity contribution in [1.82, 2.24) is 0 Å². The van der Waals surface area contributed by atoms with Gasteiger partial charge in [-0.25, -0.2) is 0 Å². The normalized spacial score (nSPS) is 12.2. The van der Waals surface area contributed by atoms with E-state index in [9.17, 15) is 0 Å².